The lowest BCUT2D eigenvalue weighted by Gasteiger charge is -2.65. The predicted octanol–water partition coefficient (Wildman–Crippen LogP) is 6.29. The van der Waals surface area contributed by atoms with Gasteiger partial charge in [0.25, 0.3) is 0 Å². The van der Waals surface area contributed by atoms with Gasteiger partial charge in [-0.2, -0.15) is 0 Å². The van der Waals surface area contributed by atoms with Crippen LogP contribution in [-0.2, 0) is 0 Å². The van der Waals surface area contributed by atoms with E-state index in [9.17, 15) is 0 Å². The van der Waals surface area contributed by atoms with E-state index in [1.165, 1.54) is 0 Å². The molecule has 0 saturated heterocycles. The van der Waals surface area contributed by atoms with Crippen LogP contribution in [0.5, 0.6) is 5.75 Å². The summed E-state index contributed by atoms with van der Waals surface area (Å²) < 4.78 is 6.02. The number of methoxy groups -OCH3 is 1. The first-order valence-corrected chi connectivity index (χ1v) is 25.0. The van der Waals surface area contributed by atoms with E-state index in [1.54, 1.807) is 12.3 Å². The lowest BCUT2D eigenvalue weighted by molar-refractivity contribution is 0.415. The molecule has 0 saturated carbocycles. The molecule has 24 heavy (non-hydrogen) atoms. The van der Waals surface area contributed by atoms with Gasteiger partial charge in [-0.25, -0.2) is 0 Å². The maximum Gasteiger partial charge on any atom is 0.118 e. The Balaban J connectivity index is 3.81. The van der Waals surface area contributed by atoms with E-state index >= 15 is 0 Å². The fourth-order valence-corrected chi connectivity index (χ4v) is 74.3. The van der Waals surface area contributed by atoms with Crippen molar-refractivity contribution in [2.45, 2.75) is 69.4 Å². The number of ether oxygens (including phenoxy) is 1. The second-order valence-electron chi connectivity index (χ2n) is 10.1. The molecular formula is C18H37IOSi4. The van der Waals surface area contributed by atoms with E-state index in [1.807, 2.05) is 0 Å². The van der Waals surface area contributed by atoms with Crippen LogP contribution in [0.2, 0.25) is 69.4 Å². The molecule has 0 spiro atoms. The SMILES string of the molecule is COc1ccc([Si](C)(C)C([Si](C)(C)C)([Si](C)(C)C)[Si](C)(C)I)cc1. The first-order valence-electron chi connectivity index (χ1n) is 8.87. The number of hydrogen-bond acceptors (Lipinski definition) is 1. The summed E-state index contributed by atoms with van der Waals surface area (Å²) in [5, 5.41) is 1.62. The average Bonchev–Trinajstić information content (AvgIpc) is 2.33. The smallest absolute Gasteiger partial charge is 0.118 e. The van der Waals surface area contributed by atoms with E-state index in [0.717, 1.165) is 5.75 Å². The van der Waals surface area contributed by atoms with Crippen LogP contribution in [0.25, 0.3) is 0 Å². The van der Waals surface area contributed by atoms with Gasteiger partial charge < -0.3 is 4.74 Å². The molecule has 0 aliphatic rings. The van der Waals surface area contributed by atoms with Crippen LogP contribution in [0.3, 0.4) is 0 Å². The van der Waals surface area contributed by atoms with Crippen LogP contribution in [0.15, 0.2) is 24.3 Å². The Bertz CT molecular complexity index is 527. The van der Waals surface area contributed by atoms with Gasteiger partial charge in [-0.15, -0.1) is 21.8 Å². The Morgan fingerprint density at radius 1 is 0.750 bits per heavy atom. The minimum Gasteiger partial charge on any atom is -0.497 e. The molecular weight excluding hydrogens is 471 g/mol. The minimum absolute atomic E-state index is 0.606. The summed E-state index contributed by atoms with van der Waals surface area (Å²) >= 11 is 2.93. The number of benzene rings is 1. The second-order valence-corrected chi connectivity index (χ2v) is 39.9. The molecule has 0 amide bonds. The Morgan fingerprint density at radius 2 is 1.12 bits per heavy atom. The summed E-state index contributed by atoms with van der Waals surface area (Å²) in [7, 11) is -2.72. The largest absolute Gasteiger partial charge is 0.497 e. The fraction of sp³-hybridized carbons (Fsp3) is 0.667. The highest BCUT2D eigenvalue weighted by molar-refractivity contribution is 14.1. The van der Waals surface area contributed by atoms with Crippen molar-refractivity contribution >= 4 is 56.8 Å². The molecule has 1 aromatic rings. The van der Waals surface area contributed by atoms with Crippen molar-refractivity contribution < 1.29 is 4.74 Å². The fourth-order valence-electron chi connectivity index (χ4n) is 6.75. The average molecular weight is 509 g/mol. The summed E-state index contributed by atoms with van der Waals surface area (Å²) in [5.74, 6) is 0.973. The molecule has 0 aliphatic carbocycles. The van der Waals surface area contributed by atoms with Gasteiger partial charge >= 0.3 is 0 Å². The molecule has 0 heterocycles. The summed E-state index contributed by atoms with van der Waals surface area (Å²) in [6, 6.07) is 9.09. The number of rotatable bonds is 6. The molecule has 0 aliphatic heterocycles. The molecule has 1 aromatic carbocycles. The first-order chi connectivity index (χ1) is 10.5. The van der Waals surface area contributed by atoms with Crippen LogP contribution in [-0.4, -0.2) is 36.9 Å². The third-order valence-electron chi connectivity index (χ3n) is 5.89. The van der Waals surface area contributed by atoms with E-state index in [-0.39, 0.29) is 0 Å². The third kappa shape index (κ3) is 3.54. The van der Waals surface area contributed by atoms with Gasteiger partial charge in [0, 0.05) is 16.1 Å². The van der Waals surface area contributed by atoms with Crippen molar-refractivity contribution in [1.82, 2.24) is 0 Å². The Hall–Kier alpha value is 0.618. The molecule has 0 fully saturated rings. The number of hydrogen-bond donors (Lipinski definition) is 0. The summed E-state index contributed by atoms with van der Waals surface area (Å²) in [6.45, 7) is 26.5. The van der Waals surface area contributed by atoms with Gasteiger partial charge in [0.05, 0.1) is 15.2 Å². The van der Waals surface area contributed by atoms with Crippen LogP contribution in [0.4, 0.5) is 0 Å². The molecule has 0 bridgehead atoms. The Morgan fingerprint density at radius 3 is 1.38 bits per heavy atom. The Kier molecular flexibility index (Phi) is 6.59. The second kappa shape index (κ2) is 6.98. The normalized spacial score (nSPS) is 14.7. The van der Waals surface area contributed by atoms with Crippen molar-refractivity contribution in [2.24, 2.45) is 0 Å². The molecule has 0 aromatic heterocycles. The third-order valence-corrected chi connectivity index (χ3v) is 47.6. The Labute approximate surface area is 167 Å². The maximum absolute atomic E-state index is 5.41. The van der Waals surface area contributed by atoms with E-state index in [4.69, 9.17) is 4.74 Å². The summed E-state index contributed by atoms with van der Waals surface area (Å²) in [5.41, 5.74) is -1.42. The maximum atomic E-state index is 5.41. The molecule has 0 N–H and O–H groups in total. The molecule has 0 atom stereocenters. The highest BCUT2D eigenvalue weighted by Gasteiger charge is 2.68. The van der Waals surface area contributed by atoms with Gasteiger partial charge in [0.1, 0.15) is 11.3 Å². The monoisotopic (exact) mass is 508 g/mol. The summed E-state index contributed by atoms with van der Waals surface area (Å²) in [4.78, 5) is 0. The molecule has 0 unspecified atom stereocenters. The van der Waals surface area contributed by atoms with Crippen molar-refractivity contribution in [3.63, 3.8) is 0 Å². The predicted molar refractivity (Wildman–Crippen MR) is 131 cm³/mol. The zero-order valence-corrected chi connectivity index (χ0v) is 23.8. The molecule has 1 rings (SSSR count). The van der Waals surface area contributed by atoms with Gasteiger partial charge in [0.15, 0.2) is 0 Å². The zero-order valence-electron chi connectivity index (χ0n) is 17.6. The van der Waals surface area contributed by atoms with Crippen LogP contribution < -0.4 is 9.92 Å². The van der Waals surface area contributed by atoms with Crippen LogP contribution >= 0.6 is 21.8 Å². The molecule has 138 valence electrons. The van der Waals surface area contributed by atoms with Gasteiger partial charge in [0.2, 0.25) is 0 Å². The molecule has 0 radical (unpaired) electrons. The van der Waals surface area contributed by atoms with E-state index in [2.05, 4.69) is 112 Å². The molecule has 1 nitrogen and oxygen atoms in total. The highest BCUT2D eigenvalue weighted by atomic mass is 127. The highest BCUT2D eigenvalue weighted by Crippen LogP contribution is 2.61. The van der Waals surface area contributed by atoms with Crippen molar-refractivity contribution in [3.05, 3.63) is 24.3 Å². The standard InChI is InChI=1S/C18H37IOSi4/c1-20-16-12-14-17(15-13-16)23(8,9)18(21(2,3)4,22(5,6)7)24(10,11)19/h12-15H,1-11H3. The van der Waals surface area contributed by atoms with E-state index in [0.29, 0.717) is 3.91 Å². The summed E-state index contributed by atoms with van der Waals surface area (Å²) in [6.07, 6.45) is 0. The van der Waals surface area contributed by atoms with Gasteiger partial charge in [-0.05, 0) is 16.0 Å². The minimum atomic E-state index is -1.68. The lowest BCUT2D eigenvalue weighted by atomic mass is 10.3. The first kappa shape index (κ1) is 22.7. The lowest BCUT2D eigenvalue weighted by Crippen LogP contribution is -2.78. The quantitative estimate of drug-likeness (QED) is 0.249. The van der Waals surface area contributed by atoms with Crippen LogP contribution in [0.1, 0.15) is 0 Å². The molecule has 6 heteroatoms. The van der Waals surface area contributed by atoms with E-state index < -0.39 is 29.8 Å². The van der Waals surface area contributed by atoms with Gasteiger partial charge in [-0.3, -0.25) is 0 Å². The van der Waals surface area contributed by atoms with Crippen molar-refractivity contribution in [1.29, 1.82) is 0 Å². The number of halogens is 1. The zero-order chi connectivity index (χ0) is 19.2. The van der Waals surface area contributed by atoms with Crippen molar-refractivity contribution in [3.8, 4) is 5.75 Å². The van der Waals surface area contributed by atoms with Gasteiger partial charge in [-0.1, -0.05) is 82.8 Å². The van der Waals surface area contributed by atoms with Crippen LogP contribution in [0, 0.1) is 0 Å². The van der Waals surface area contributed by atoms with Crippen molar-refractivity contribution in [2.75, 3.05) is 7.11 Å². The topological polar surface area (TPSA) is 9.23 Å².